The molecule has 178 valence electrons. The highest BCUT2D eigenvalue weighted by Crippen LogP contribution is 2.52. The SMILES string of the molecule is CC(=O)OCCc1cccc([C@@H]2C[C@]2(NS(=O)(=O)c2ccc(-c3ccc(Cl)cc3)s2)C(=O)O)c1. The largest absolute Gasteiger partial charge is 0.480 e. The van der Waals surface area contributed by atoms with Crippen LogP contribution in [0.4, 0.5) is 0 Å². The van der Waals surface area contributed by atoms with Gasteiger partial charge < -0.3 is 9.84 Å². The molecule has 1 aliphatic rings. The smallest absolute Gasteiger partial charge is 0.325 e. The lowest BCUT2D eigenvalue weighted by atomic mass is 10.0. The molecule has 2 aromatic carbocycles. The summed E-state index contributed by atoms with van der Waals surface area (Å²) in [4.78, 5) is 23.9. The zero-order valence-corrected chi connectivity index (χ0v) is 20.5. The lowest BCUT2D eigenvalue weighted by Crippen LogP contribution is -2.44. The third-order valence-corrected chi connectivity index (χ3v) is 9.07. The minimum atomic E-state index is -4.07. The van der Waals surface area contributed by atoms with Crippen molar-refractivity contribution < 1.29 is 27.9 Å². The number of hydrogen-bond acceptors (Lipinski definition) is 6. The Bertz CT molecular complexity index is 1340. The van der Waals surface area contributed by atoms with E-state index in [0.717, 1.165) is 32.9 Å². The van der Waals surface area contributed by atoms with Gasteiger partial charge in [0.25, 0.3) is 10.0 Å². The van der Waals surface area contributed by atoms with Gasteiger partial charge in [-0.2, -0.15) is 4.72 Å². The van der Waals surface area contributed by atoms with Crippen LogP contribution >= 0.6 is 22.9 Å². The molecule has 34 heavy (non-hydrogen) atoms. The van der Waals surface area contributed by atoms with Crippen molar-refractivity contribution in [1.29, 1.82) is 0 Å². The van der Waals surface area contributed by atoms with Gasteiger partial charge >= 0.3 is 11.9 Å². The topological polar surface area (TPSA) is 110 Å². The minimum Gasteiger partial charge on any atom is -0.480 e. The van der Waals surface area contributed by atoms with Crippen LogP contribution in [0.2, 0.25) is 5.02 Å². The van der Waals surface area contributed by atoms with E-state index in [0.29, 0.717) is 11.4 Å². The van der Waals surface area contributed by atoms with Crippen LogP contribution in [-0.4, -0.2) is 37.6 Å². The average Bonchev–Trinajstić information content (AvgIpc) is 3.27. The van der Waals surface area contributed by atoms with Gasteiger partial charge in [-0.05, 0) is 47.4 Å². The molecule has 0 aliphatic heterocycles. The molecule has 1 aliphatic carbocycles. The minimum absolute atomic E-state index is 0.0406. The van der Waals surface area contributed by atoms with E-state index < -0.39 is 27.4 Å². The Morgan fingerprint density at radius 2 is 1.91 bits per heavy atom. The number of carbonyl (C=O) groups excluding carboxylic acids is 1. The molecular formula is C24H22ClNO6S2. The average molecular weight is 520 g/mol. The first-order chi connectivity index (χ1) is 16.1. The molecule has 1 fully saturated rings. The maximum atomic E-state index is 13.1. The molecule has 0 saturated heterocycles. The van der Waals surface area contributed by atoms with Crippen molar-refractivity contribution in [3.63, 3.8) is 0 Å². The molecule has 7 nitrogen and oxygen atoms in total. The number of ether oxygens (including phenoxy) is 1. The van der Waals surface area contributed by atoms with Crippen LogP contribution in [0.3, 0.4) is 0 Å². The Morgan fingerprint density at radius 1 is 1.18 bits per heavy atom. The lowest BCUT2D eigenvalue weighted by Gasteiger charge is -2.15. The highest BCUT2D eigenvalue weighted by molar-refractivity contribution is 7.91. The van der Waals surface area contributed by atoms with Gasteiger partial charge in [0.2, 0.25) is 0 Å². The van der Waals surface area contributed by atoms with Crippen LogP contribution in [0, 0.1) is 0 Å². The van der Waals surface area contributed by atoms with Gasteiger partial charge in [-0.1, -0.05) is 48.0 Å². The van der Waals surface area contributed by atoms with E-state index >= 15 is 0 Å². The van der Waals surface area contributed by atoms with E-state index in [4.69, 9.17) is 16.3 Å². The van der Waals surface area contributed by atoms with Crippen molar-refractivity contribution in [3.8, 4) is 10.4 Å². The van der Waals surface area contributed by atoms with Gasteiger partial charge in [0, 0.05) is 29.2 Å². The number of nitrogens with one attached hydrogen (secondary N) is 1. The van der Waals surface area contributed by atoms with Crippen LogP contribution in [0.15, 0.2) is 64.9 Å². The monoisotopic (exact) mass is 519 g/mol. The Labute approximate surface area is 206 Å². The summed E-state index contributed by atoms with van der Waals surface area (Å²) in [6.07, 6.45) is 0.624. The summed E-state index contributed by atoms with van der Waals surface area (Å²) in [5.41, 5.74) is 0.799. The van der Waals surface area contributed by atoms with Crippen molar-refractivity contribution >= 4 is 44.9 Å². The van der Waals surface area contributed by atoms with E-state index in [9.17, 15) is 23.1 Å². The zero-order valence-electron chi connectivity index (χ0n) is 18.2. The highest BCUT2D eigenvalue weighted by atomic mass is 35.5. The van der Waals surface area contributed by atoms with Gasteiger partial charge in [-0.25, -0.2) is 8.42 Å². The van der Waals surface area contributed by atoms with Crippen LogP contribution in [0.25, 0.3) is 10.4 Å². The lowest BCUT2D eigenvalue weighted by molar-refractivity contribution is -0.141. The number of carboxylic acid groups (broad SMARTS) is 1. The number of hydrogen-bond donors (Lipinski definition) is 2. The van der Waals surface area contributed by atoms with Crippen molar-refractivity contribution in [2.45, 2.75) is 35.4 Å². The fourth-order valence-corrected chi connectivity index (χ4v) is 6.70. The quantitative estimate of drug-likeness (QED) is 0.404. The second-order valence-corrected chi connectivity index (χ2v) is 11.5. The summed E-state index contributed by atoms with van der Waals surface area (Å²) in [6.45, 7) is 1.55. The number of sulfonamides is 1. The summed E-state index contributed by atoms with van der Waals surface area (Å²) >= 11 is 6.98. The molecule has 1 heterocycles. The molecule has 0 amide bonds. The van der Waals surface area contributed by atoms with Gasteiger partial charge in [0.05, 0.1) is 6.61 Å². The summed E-state index contributed by atoms with van der Waals surface area (Å²) in [6, 6.07) is 17.4. The predicted octanol–water partition coefficient (Wildman–Crippen LogP) is 4.46. The Balaban J connectivity index is 1.52. The van der Waals surface area contributed by atoms with E-state index in [1.54, 1.807) is 42.5 Å². The summed E-state index contributed by atoms with van der Waals surface area (Å²) in [5.74, 6) is -2.10. The standard InChI is InChI=1S/C24H22ClNO6S2/c1-15(27)32-12-11-16-3-2-4-18(13-16)20-14-24(20,23(28)29)26-34(30,31)22-10-9-21(33-22)17-5-7-19(25)8-6-17/h2-10,13,20,26H,11-12,14H2,1H3,(H,28,29)/t20-,24+/m0/s1. The molecule has 0 bridgehead atoms. The van der Waals surface area contributed by atoms with Gasteiger partial charge in [-0.15, -0.1) is 11.3 Å². The van der Waals surface area contributed by atoms with Crippen LogP contribution in [0.1, 0.15) is 30.4 Å². The normalized spacial score (nSPS) is 19.5. The summed E-state index contributed by atoms with van der Waals surface area (Å²) in [5, 5.41) is 10.5. The van der Waals surface area contributed by atoms with Crippen LogP contribution in [-0.2, 0) is 30.8 Å². The number of esters is 1. The summed E-state index contributed by atoms with van der Waals surface area (Å²) < 4.78 is 33.7. The Morgan fingerprint density at radius 3 is 2.59 bits per heavy atom. The van der Waals surface area contributed by atoms with Crippen molar-refractivity contribution in [3.05, 3.63) is 76.8 Å². The molecule has 4 rings (SSSR count). The number of halogens is 1. The number of thiophene rings is 1. The number of rotatable bonds is 9. The maximum absolute atomic E-state index is 13.1. The number of aliphatic carboxylic acids is 1. The van der Waals surface area contributed by atoms with E-state index in [1.165, 1.54) is 13.0 Å². The van der Waals surface area contributed by atoms with E-state index in [1.807, 2.05) is 12.1 Å². The van der Waals surface area contributed by atoms with Crippen LogP contribution in [0.5, 0.6) is 0 Å². The molecule has 0 radical (unpaired) electrons. The maximum Gasteiger partial charge on any atom is 0.325 e. The van der Waals surface area contributed by atoms with Crippen molar-refractivity contribution in [2.24, 2.45) is 0 Å². The Kier molecular flexibility index (Phi) is 6.82. The number of carbonyl (C=O) groups is 2. The Hall–Kier alpha value is -2.72. The number of benzene rings is 2. The third kappa shape index (κ3) is 5.17. The van der Waals surface area contributed by atoms with Gasteiger partial charge in [0.15, 0.2) is 0 Å². The zero-order chi connectivity index (χ0) is 24.5. The molecule has 3 aromatic rings. The molecule has 10 heteroatoms. The highest BCUT2D eigenvalue weighted by Gasteiger charge is 2.63. The molecule has 2 N–H and O–H groups in total. The first-order valence-electron chi connectivity index (χ1n) is 10.5. The summed E-state index contributed by atoms with van der Waals surface area (Å²) in [7, 11) is -4.07. The fraction of sp³-hybridized carbons (Fsp3) is 0.250. The fourth-order valence-electron chi connectivity index (χ4n) is 3.86. The third-order valence-electron chi connectivity index (χ3n) is 5.68. The van der Waals surface area contributed by atoms with Gasteiger partial charge in [-0.3, -0.25) is 9.59 Å². The van der Waals surface area contributed by atoms with E-state index in [-0.39, 0.29) is 23.2 Å². The molecule has 0 unspecified atom stereocenters. The number of carboxylic acids is 1. The predicted molar refractivity (Wildman–Crippen MR) is 130 cm³/mol. The molecule has 0 spiro atoms. The molecular weight excluding hydrogens is 498 g/mol. The molecule has 2 atom stereocenters. The second-order valence-electron chi connectivity index (χ2n) is 8.10. The van der Waals surface area contributed by atoms with Crippen molar-refractivity contribution in [1.82, 2.24) is 4.72 Å². The van der Waals surface area contributed by atoms with E-state index in [2.05, 4.69) is 4.72 Å². The van der Waals surface area contributed by atoms with Crippen molar-refractivity contribution in [2.75, 3.05) is 6.61 Å². The molecule has 1 aromatic heterocycles. The second kappa shape index (κ2) is 9.50. The first-order valence-corrected chi connectivity index (χ1v) is 13.1. The first kappa shape index (κ1) is 24.4. The van der Waals surface area contributed by atoms with Gasteiger partial charge in [0.1, 0.15) is 9.75 Å². The van der Waals surface area contributed by atoms with Crippen LogP contribution < -0.4 is 4.72 Å². The molecule has 1 saturated carbocycles.